The zero-order chi connectivity index (χ0) is 21.5. The van der Waals surface area contributed by atoms with Gasteiger partial charge in [-0.2, -0.15) is 0 Å². The molecular weight excluding hydrogens is 396 g/mol. The summed E-state index contributed by atoms with van der Waals surface area (Å²) in [5, 5.41) is 11.6. The molecule has 0 amide bonds. The van der Waals surface area contributed by atoms with E-state index in [9.17, 15) is 9.90 Å². The van der Waals surface area contributed by atoms with E-state index in [2.05, 4.69) is 23.6 Å². The predicted molar refractivity (Wildman–Crippen MR) is 121 cm³/mol. The molecule has 3 aromatic rings. The van der Waals surface area contributed by atoms with Gasteiger partial charge >= 0.3 is 5.97 Å². The highest BCUT2D eigenvalue weighted by Crippen LogP contribution is 2.21. The highest BCUT2D eigenvalue weighted by Gasteiger charge is 2.13. The second kappa shape index (κ2) is 10.3. The van der Waals surface area contributed by atoms with Crippen molar-refractivity contribution in [3.05, 3.63) is 75.0 Å². The molecule has 0 unspecified atom stereocenters. The highest BCUT2D eigenvalue weighted by molar-refractivity contribution is 7.09. The lowest BCUT2D eigenvalue weighted by atomic mass is 10.1. The summed E-state index contributed by atoms with van der Waals surface area (Å²) in [5.74, 6) is 0.954. The van der Waals surface area contributed by atoms with E-state index in [1.54, 1.807) is 24.5 Å². The number of ether oxygens (including phenoxy) is 1. The smallest absolute Gasteiger partial charge is 0.332 e. The van der Waals surface area contributed by atoms with Crippen LogP contribution in [0.1, 0.15) is 47.3 Å². The Hall–Kier alpha value is -2.86. The maximum Gasteiger partial charge on any atom is 0.332 e. The Bertz CT molecular complexity index is 1020. The van der Waals surface area contributed by atoms with Crippen molar-refractivity contribution in [2.45, 2.75) is 46.1 Å². The van der Waals surface area contributed by atoms with Gasteiger partial charge in [-0.3, -0.25) is 0 Å². The third-order valence-corrected chi connectivity index (χ3v) is 5.86. The summed E-state index contributed by atoms with van der Waals surface area (Å²) in [6, 6.07) is 10.1. The summed E-state index contributed by atoms with van der Waals surface area (Å²) in [5.41, 5.74) is 3.30. The third kappa shape index (κ3) is 5.60. The number of carboxylic acids is 1. The van der Waals surface area contributed by atoms with E-state index < -0.39 is 5.97 Å². The van der Waals surface area contributed by atoms with Gasteiger partial charge in [-0.15, -0.1) is 11.3 Å². The van der Waals surface area contributed by atoms with Gasteiger partial charge in [0.15, 0.2) is 0 Å². The molecule has 1 aromatic carbocycles. The molecule has 0 aliphatic carbocycles. The monoisotopic (exact) mass is 424 g/mol. The van der Waals surface area contributed by atoms with Crippen LogP contribution < -0.4 is 4.74 Å². The zero-order valence-corrected chi connectivity index (χ0v) is 18.5. The summed E-state index contributed by atoms with van der Waals surface area (Å²) >= 11 is 1.56. The molecule has 0 aliphatic heterocycles. The lowest BCUT2D eigenvalue weighted by Crippen LogP contribution is -2.05. The Labute approximate surface area is 181 Å². The molecular formula is C24H28N2O3S. The van der Waals surface area contributed by atoms with Crippen LogP contribution in [-0.2, 0) is 24.2 Å². The summed E-state index contributed by atoms with van der Waals surface area (Å²) in [6.07, 6.45) is 7.06. The van der Waals surface area contributed by atoms with Crippen LogP contribution in [0.5, 0.6) is 5.75 Å². The van der Waals surface area contributed by atoms with E-state index >= 15 is 0 Å². The molecule has 3 rings (SSSR count). The topological polar surface area (TPSA) is 64.3 Å². The quantitative estimate of drug-likeness (QED) is 0.445. The number of imidazole rings is 1. The minimum absolute atomic E-state index is 0.351. The van der Waals surface area contributed by atoms with Gasteiger partial charge in [-0.1, -0.05) is 31.5 Å². The number of carboxylic acid groups (broad SMARTS) is 1. The molecule has 2 aromatic heterocycles. The molecule has 158 valence electrons. The fourth-order valence-electron chi connectivity index (χ4n) is 3.42. The van der Waals surface area contributed by atoms with Gasteiger partial charge in [0.25, 0.3) is 0 Å². The van der Waals surface area contributed by atoms with Gasteiger partial charge in [0.2, 0.25) is 0 Å². The van der Waals surface area contributed by atoms with Crippen molar-refractivity contribution in [1.29, 1.82) is 0 Å². The van der Waals surface area contributed by atoms with Crippen molar-refractivity contribution < 1.29 is 14.6 Å². The van der Waals surface area contributed by atoms with E-state index in [0.29, 0.717) is 24.2 Å². The normalized spacial score (nSPS) is 11.6. The number of nitrogens with zero attached hydrogens (tertiary/aromatic N) is 2. The average molecular weight is 425 g/mol. The van der Waals surface area contributed by atoms with E-state index in [1.165, 1.54) is 0 Å². The first-order valence-corrected chi connectivity index (χ1v) is 11.0. The SMILES string of the molecule is CCCCc1nc(C=C(Cc2cccs2)C(=O)O)cn1Cc1ccc(OC)c(C)c1. The third-order valence-electron chi connectivity index (χ3n) is 4.99. The number of aliphatic carboxylic acids is 1. The highest BCUT2D eigenvalue weighted by atomic mass is 32.1. The number of unbranched alkanes of at least 4 members (excludes halogenated alkanes) is 1. The van der Waals surface area contributed by atoms with Crippen LogP contribution >= 0.6 is 11.3 Å². The molecule has 0 atom stereocenters. The van der Waals surface area contributed by atoms with E-state index in [0.717, 1.165) is 46.8 Å². The maximum absolute atomic E-state index is 11.8. The van der Waals surface area contributed by atoms with Crippen molar-refractivity contribution in [3.63, 3.8) is 0 Å². The number of carbonyl (C=O) groups is 1. The molecule has 0 radical (unpaired) electrons. The summed E-state index contributed by atoms with van der Waals surface area (Å²) in [7, 11) is 1.68. The van der Waals surface area contributed by atoms with Crippen LogP contribution in [0.4, 0.5) is 0 Å². The largest absolute Gasteiger partial charge is 0.496 e. The number of methoxy groups -OCH3 is 1. The van der Waals surface area contributed by atoms with Crippen LogP contribution in [0.15, 0.2) is 47.5 Å². The van der Waals surface area contributed by atoms with Gasteiger partial charge in [0, 0.05) is 36.0 Å². The van der Waals surface area contributed by atoms with Gasteiger partial charge in [0.1, 0.15) is 11.6 Å². The molecule has 0 saturated heterocycles. The first-order valence-electron chi connectivity index (χ1n) is 10.2. The van der Waals surface area contributed by atoms with Gasteiger partial charge in [-0.05, 0) is 48.1 Å². The van der Waals surface area contributed by atoms with E-state index in [-0.39, 0.29) is 0 Å². The summed E-state index contributed by atoms with van der Waals surface area (Å²) in [4.78, 5) is 17.6. The second-order valence-electron chi connectivity index (χ2n) is 7.35. The first kappa shape index (κ1) is 21.8. The molecule has 0 aliphatic rings. The van der Waals surface area contributed by atoms with Crippen molar-refractivity contribution in [2.75, 3.05) is 7.11 Å². The fourth-order valence-corrected chi connectivity index (χ4v) is 4.15. The zero-order valence-electron chi connectivity index (χ0n) is 17.7. The number of rotatable bonds is 10. The molecule has 30 heavy (non-hydrogen) atoms. The Morgan fingerprint density at radius 2 is 2.17 bits per heavy atom. The number of aryl methyl sites for hydroxylation is 2. The Morgan fingerprint density at radius 3 is 2.80 bits per heavy atom. The van der Waals surface area contributed by atoms with Gasteiger partial charge < -0.3 is 14.4 Å². The number of thiophene rings is 1. The minimum Gasteiger partial charge on any atom is -0.496 e. The molecule has 6 heteroatoms. The Balaban J connectivity index is 1.89. The molecule has 0 fully saturated rings. The van der Waals surface area contributed by atoms with Crippen LogP contribution in [0.25, 0.3) is 6.08 Å². The molecule has 1 N–H and O–H groups in total. The van der Waals surface area contributed by atoms with Crippen LogP contribution in [0, 0.1) is 6.92 Å². The summed E-state index contributed by atoms with van der Waals surface area (Å²) in [6.45, 7) is 4.88. The number of hydrogen-bond acceptors (Lipinski definition) is 4. The molecule has 0 bridgehead atoms. The molecule has 5 nitrogen and oxygen atoms in total. The number of benzene rings is 1. The lowest BCUT2D eigenvalue weighted by molar-refractivity contribution is -0.132. The second-order valence-corrected chi connectivity index (χ2v) is 8.38. The standard InChI is InChI=1S/C24H28N2O3S/c1-4-5-8-23-25-20(13-19(24(27)28)14-21-7-6-11-30-21)16-26(23)15-18-9-10-22(29-3)17(2)12-18/h6-7,9-13,16H,4-5,8,14-15H2,1-3H3,(H,27,28). The van der Waals surface area contributed by atoms with Crippen molar-refractivity contribution in [2.24, 2.45) is 0 Å². The summed E-state index contributed by atoms with van der Waals surface area (Å²) < 4.78 is 7.49. The van der Waals surface area contributed by atoms with Crippen molar-refractivity contribution in [1.82, 2.24) is 9.55 Å². The number of hydrogen-bond donors (Lipinski definition) is 1. The predicted octanol–water partition coefficient (Wildman–Crippen LogP) is 5.36. The fraction of sp³-hybridized carbons (Fsp3) is 0.333. The lowest BCUT2D eigenvalue weighted by Gasteiger charge is -2.10. The molecule has 0 spiro atoms. The molecule has 0 saturated carbocycles. The van der Waals surface area contributed by atoms with Crippen LogP contribution in [0.3, 0.4) is 0 Å². The van der Waals surface area contributed by atoms with E-state index in [4.69, 9.17) is 9.72 Å². The molecule has 2 heterocycles. The average Bonchev–Trinajstić information content (AvgIpc) is 3.36. The number of aromatic nitrogens is 2. The first-order chi connectivity index (χ1) is 14.5. The van der Waals surface area contributed by atoms with Crippen molar-refractivity contribution >= 4 is 23.4 Å². The van der Waals surface area contributed by atoms with Crippen LogP contribution in [-0.4, -0.2) is 27.7 Å². The van der Waals surface area contributed by atoms with Gasteiger partial charge in [0.05, 0.1) is 12.8 Å². The van der Waals surface area contributed by atoms with Gasteiger partial charge in [-0.25, -0.2) is 9.78 Å². The Morgan fingerprint density at radius 1 is 1.33 bits per heavy atom. The van der Waals surface area contributed by atoms with E-state index in [1.807, 2.05) is 36.7 Å². The minimum atomic E-state index is -0.904. The Kier molecular flexibility index (Phi) is 7.46. The maximum atomic E-state index is 11.8. The van der Waals surface area contributed by atoms with Crippen LogP contribution in [0.2, 0.25) is 0 Å². The van der Waals surface area contributed by atoms with Crippen molar-refractivity contribution in [3.8, 4) is 5.75 Å².